The van der Waals surface area contributed by atoms with Crippen LogP contribution >= 0.6 is 8.58 Å². The number of rotatable bonds is 9. The minimum atomic E-state index is -5.11. The molecule has 11 heteroatoms. The van der Waals surface area contributed by atoms with Gasteiger partial charge in [-0.05, 0) is 45.7 Å². The molecule has 0 aliphatic rings. The molecule has 0 amide bonds. The molecule has 0 saturated carbocycles. The van der Waals surface area contributed by atoms with Crippen molar-refractivity contribution in [2.45, 2.75) is 39.0 Å². The molecule has 0 spiro atoms. The zero-order chi connectivity index (χ0) is 23.2. The van der Waals surface area contributed by atoms with E-state index in [1.807, 2.05) is 13.8 Å². The third-order valence-electron chi connectivity index (χ3n) is 4.04. The van der Waals surface area contributed by atoms with E-state index in [4.69, 9.17) is 9.47 Å². The van der Waals surface area contributed by atoms with Crippen LogP contribution in [0.15, 0.2) is 36.4 Å². The Kier molecular flexibility index (Phi) is 10.6. The first kappa shape index (κ1) is 28.4. The van der Waals surface area contributed by atoms with E-state index in [-0.39, 0.29) is 36.5 Å². The summed E-state index contributed by atoms with van der Waals surface area (Å²) >= 11 is 0. The van der Waals surface area contributed by atoms with Crippen LogP contribution in [0, 0.1) is 0 Å². The Morgan fingerprint density at radius 2 is 1.41 bits per heavy atom. The van der Waals surface area contributed by atoms with Crippen molar-refractivity contribution in [3.63, 3.8) is 0 Å². The Labute approximate surface area is 195 Å². The van der Waals surface area contributed by atoms with Crippen molar-refractivity contribution in [1.29, 1.82) is 0 Å². The molecule has 32 heavy (non-hydrogen) atoms. The summed E-state index contributed by atoms with van der Waals surface area (Å²) in [6.07, 6.45) is -8.88. The number of carbonyl (C=O) groups is 1. The molecule has 0 bridgehead atoms. The summed E-state index contributed by atoms with van der Waals surface area (Å²) in [6, 6.07) is 6.01. The van der Waals surface area contributed by atoms with Crippen LogP contribution in [-0.4, -0.2) is 37.6 Å². The van der Waals surface area contributed by atoms with E-state index in [2.05, 4.69) is 0 Å². The quantitative estimate of drug-likeness (QED) is 0.262. The third kappa shape index (κ3) is 7.43. The molecule has 0 aromatic heterocycles. The second-order valence-electron chi connectivity index (χ2n) is 6.53. The molecular formula is C21H22F6LiO3P. The average molecular weight is 474 g/mol. The molecule has 0 radical (unpaired) electrons. The topological polar surface area (TPSA) is 35.5 Å². The molecule has 0 aliphatic heterocycles. The van der Waals surface area contributed by atoms with Gasteiger partial charge in [-0.25, -0.2) is 0 Å². The normalized spacial score (nSPS) is 12.0. The zero-order valence-electron chi connectivity index (χ0n) is 16.8. The fraction of sp³-hybridized carbons (Fsp3) is 0.381. The second kappa shape index (κ2) is 12.0. The zero-order valence-corrected chi connectivity index (χ0v) is 17.8. The van der Waals surface area contributed by atoms with Crippen LogP contribution in [0.2, 0.25) is 0 Å². The Morgan fingerprint density at radius 3 is 1.91 bits per heavy atom. The van der Waals surface area contributed by atoms with E-state index in [9.17, 15) is 31.1 Å². The van der Waals surface area contributed by atoms with Gasteiger partial charge in [0.1, 0.15) is 11.5 Å². The van der Waals surface area contributed by atoms with Crippen LogP contribution in [-0.2, 0) is 12.4 Å². The summed E-state index contributed by atoms with van der Waals surface area (Å²) in [5.41, 5.74) is -5.88. The van der Waals surface area contributed by atoms with E-state index in [0.29, 0.717) is 37.0 Å². The van der Waals surface area contributed by atoms with Gasteiger partial charge in [0.15, 0.2) is 5.52 Å². The van der Waals surface area contributed by atoms with Crippen molar-refractivity contribution in [3.05, 3.63) is 53.1 Å². The Bertz CT molecular complexity index is 883. The van der Waals surface area contributed by atoms with Gasteiger partial charge in [-0.1, -0.05) is 19.9 Å². The van der Waals surface area contributed by atoms with Crippen molar-refractivity contribution < 1.29 is 40.6 Å². The third-order valence-corrected chi connectivity index (χ3v) is 5.20. The number of ether oxygens (including phenoxy) is 2. The second-order valence-corrected chi connectivity index (χ2v) is 7.78. The molecule has 1 atom stereocenters. The first-order valence-corrected chi connectivity index (χ1v) is 10.5. The fourth-order valence-corrected chi connectivity index (χ4v) is 3.77. The molecule has 0 aliphatic carbocycles. The average Bonchev–Trinajstić information content (AvgIpc) is 2.70. The summed E-state index contributed by atoms with van der Waals surface area (Å²) in [5, 5.41) is 0.201. The first-order chi connectivity index (χ1) is 14.5. The van der Waals surface area contributed by atoms with Crippen LogP contribution < -0.4 is 14.8 Å². The number of benzene rings is 2. The molecule has 0 saturated heterocycles. The Balaban J connectivity index is 0.00000512. The maximum atomic E-state index is 13.4. The molecule has 2 aromatic rings. The van der Waals surface area contributed by atoms with Crippen LogP contribution in [0.1, 0.15) is 48.2 Å². The van der Waals surface area contributed by atoms with Crippen molar-refractivity contribution in [1.82, 2.24) is 0 Å². The summed E-state index contributed by atoms with van der Waals surface area (Å²) in [4.78, 5) is 12.8. The summed E-state index contributed by atoms with van der Waals surface area (Å²) < 4.78 is 91.3. The Morgan fingerprint density at radius 1 is 0.875 bits per heavy atom. The molecular weight excluding hydrogens is 452 g/mol. The monoisotopic (exact) mass is 474 g/mol. The van der Waals surface area contributed by atoms with Gasteiger partial charge in [-0.2, -0.15) is 26.3 Å². The molecule has 172 valence electrons. The van der Waals surface area contributed by atoms with Crippen LogP contribution in [0.4, 0.5) is 26.3 Å². The van der Waals surface area contributed by atoms with Crippen LogP contribution in [0.3, 0.4) is 0 Å². The number of halogens is 6. The van der Waals surface area contributed by atoms with Gasteiger partial charge in [0.25, 0.3) is 0 Å². The molecule has 0 N–H and O–H groups in total. The van der Waals surface area contributed by atoms with Gasteiger partial charge in [0.05, 0.1) is 24.3 Å². The standard InChI is InChI=1S/C21H21F6O3P.Li.H/c1-3-10-29-13-8-9-17(16(12-13)30-11-4-2)31-19(28)18-14(20(22,23)24)6-5-7-15(18)21(25,26)27;;/h5-9,12,31H,3-4,10-11H2,1-2H3;;. The van der Waals surface area contributed by atoms with E-state index in [1.165, 1.54) is 18.2 Å². The maximum absolute atomic E-state index is 13.4. The van der Waals surface area contributed by atoms with E-state index >= 15 is 0 Å². The van der Waals surface area contributed by atoms with E-state index in [1.54, 1.807) is 0 Å². The number of hydrogen-bond donors (Lipinski definition) is 0. The molecule has 2 aromatic carbocycles. The number of hydrogen-bond acceptors (Lipinski definition) is 3. The molecule has 3 nitrogen and oxygen atoms in total. The first-order valence-electron chi connectivity index (χ1n) is 9.47. The summed E-state index contributed by atoms with van der Waals surface area (Å²) in [7, 11) is -1.00. The molecule has 1 unspecified atom stereocenters. The van der Waals surface area contributed by atoms with Gasteiger partial charge in [-0.15, -0.1) is 0 Å². The summed E-state index contributed by atoms with van der Waals surface area (Å²) in [6.45, 7) is 4.41. The van der Waals surface area contributed by atoms with Crippen LogP contribution in [0.5, 0.6) is 11.5 Å². The van der Waals surface area contributed by atoms with Gasteiger partial charge in [0.2, 0.25) is 0 Å². The molecule has 0 heterocycles. The molecule has 0 fully saturated rings. The van der Waals surface area contributed by atoms with Crippen molar-refractivity contribution in [2.75, 3.05) is 13.2 Å². The SMILES string of the molecule is CCCOc1ccc(PC(=O)c2c(C(F)(F)F)cccc2C(F)(F)F)c(OCCC)c1.[LiH]. The van der Waals surface area contributed by atoms with E-state index < -0.39 is 43.1 Å². The van der Waals surface area contributed by atoms with Crippen LogP contribution in [0.25, 0.3) is 0 Å². The van der Waals surface area contributed by atoms with Crippen molar-refractivity contribution in [2.24, 2.45) is 0 Å². The molecule has 2 rings (SSSR count). The predicted molar refractivity (Wildman–Crippen MR) is 114 cm³/mol. The van der Waals surface area contributed by atoms with Crippen molar-refractivity contribution in [3.8, 4) is 11.5 Å². The number of alkyl halides is 6. The van der Waals surface area contributed by atoms with Crippen molar-refractivity contribution >= 4 is 38.3 Å². The minimum absolute atomic E-state index is 0. The van der Waals surface area contributed by atoms with Gasteiger partial charge in [0, 0.05) is 16.9 Å². The van der Waals surface area contributed by atoms with Gasteiger partial charge >= 0.3 is 31.2 Å². The fourth-order valence-electron chi connectivity index (χ4n) is 2.70. The predicted octanol–water partition coefficient (Wildman–Crippen LogP) is 5.80. The van der Waals surface area contributed by atoms with Gasteiger partial charge in [-0.3, -0.25) is 4.79 Å². The Hall–Kier alpha value is -1.68. The van der Waals surface area contributed by atoms with E-state index in [0.717, 1.165) is 6.42 Å². The summed E-state index contributed by atoms with van der Waals surface area (Å²) in [5.74, 6) is 0.626. The number of carbonyl (C=O) groups excluding carboxylic acids is 1. The van der Waals surface area contributed by atoms with Gasteiger partial charge < -0.3 is 9.47 Å².